The number of amides is 2. The Bertz CT molecular complexity index is 569. The largest absolute Gasteiger partial charge is 0.493 e. The molecule has 2 N–H and O–H groups in total. The van der Waals surface area contributed by atoms with Gasteiger partial charge >= 0.3 is 0 Å². The van der Waals surface area contributed by atoms with E-state index in [1.54, 1.807) is 12.1 Å². The van der Waals surface area contributed by atoms with Gasteiger partial charge < -0.3 is 20.3 Å². The third kappa shape index (κ3) is 5.74. The first-order valence-corrected chi connectivity index (χ1v) is 9.10. The van der Waals surface area contributed by atoms with E-state index in [1.165, 1.54) is 0 Å². The van der Waals surface area contributed by atoms with E-state index in [0.29, 0.717) is 43.3 Å². The second-order valence-electron chi connectivity index (χ2n) is 6.23. The zero-order valence-corrected chi connectivity index (χ0v) is 15.2. The van der Waals surface area contributed by atoms with Crippen LogP contribution in [0.2, 0.25) is 0 Å². The van der Waals surface area contributed by atoms with Crippen molar-refractivity contribution in [3.63, 3.8) is 0 Å². The molecule has 25 heavy (non-hydrogen) atoms. The Morgan fingerprint density at radius 2 is 1.96 bits per heavy atom. The molecule has 138 valence electrons. The molecule has 0 spiro atoms. The summed E-state index contributed by atoms with van der Waals surface area (Å²) < 4.78 is 5.47. The average Bonchev–Trinajstić information content (AvgIpc) is 2.65. The fourth-order valence-electron chi connectivity index (χ4n) is 3.05. The molecule has 0 aromatic heterocycles. The number of hydrogen-bond acceptors (Lipinski definition) is 4. The Morgan fingerprint density at radius 1 is 1.24 bits per heavy atom. The second-order valence-corrected chi connectivity index (χ2v) is 6.23. The summed E-state index contributed by atoms with van der Waals surface area (Å²) in [5.74, 6) is 0.607. The number of benzene rings is 1. The zero-order chi connectivity index (χ0) is 18.1. The third-order valence-electron chi connectivity index (χ3n) is 4.54. The van der Waals surface area contributed by atoms with E-state index in [0.717, 1.165) is 25.9 Å². The Hall–Kier alpha value is -2.08. The van der Waals surface area contributed by atoms with Gasteiger partial charge in [-0.3, -0.25) is 9.59 Å². The summed E-state index contributed by atoms with van der Waals surface area (Å²) in [5.41, 5.74) is 0.532. The summed E-state index contributed by atoms with van der Waals surface area (Å²) in [4.78, 5) is 26.4. The normalized spacial score (nSPS) is 15.0. The van der Waals surface area contributed by atoms with Crippen molar-refractivity contribution in [1.29, 1.82) is 0 Å². The van der Waals surface area contributed by atoms with Crippen LogP contribution < -0.4 is 15.4 Å². The topological polar surface area (TPSA) is 70.7 Å². The van der Waals surface area contributed by atoms with E-state index < -0.39 is 0 Å². The van der Waals surface area contributed by atoms with Crippen molar-refractivity contribution in [1.82, 2.24) is 15.5 Å². The van der Waals surface area contributed by atoms with Crippen LogP contribution in [0.15, 0.2) is 24.3 Å². The Balaban J connectivity index is 1.70. The number of hydrogen-bond donors (Lipinski definition) is 2. The molecule has 1 aliphatic heterocycles. The number of carbonyl (C=O) groups excluding carboxylic acids is 2. The minimum Gasteiger partial charge on any atom is -0.493 e. The van der Waals surface area contributed by atoms with Gasteiger partial charge in [-0.2, -0.15) is 0 Å². The van der Waals surface area contributed by atoms with Crippen molar-refractivity contribution < 1.29 is 14.3 Å². The van der Waals surface area contributed by atoms with Gasteiger partial charge in [-0.25, -0.2) is 0 Å². The van der Waals surface area contributed by atoms with Crippen molar-refractivity contribution >= 4 is 11.8 Å². The van der Waals surface area contributed by atoms with E-state index in [-0.39, 0.29) is 11.8 Å². The number of para-hydroxylation sites is 1. The van der Waals surface area contributed by atoms with Crippen molar-refractivity contribution in [3.05, 3.63) is 29.8 Å². The molecular formula is C19H29N3O3. The van der Waals surface area contributed by atoms with E-state index in [9.17, 15) is 9.59 Å². The van der Waals surface area contributed by atoms with Crippen LogP contribution in [0.4, 0.5) is 0 Å². The predicted octanol–water partition coefficient (Wildman–Crippen LogP) is 1.81. The first-order valence-electron chi connectivity index (χ1n) is 9.10. The van der Waals surface area contributed by atoms with Crippen molar-refractivity contribution in [2.75, 3.05) is 33.3 Å². The number of nitrogens with zero attached hydrogens (tertiary/aromatic N) is 1. The maximum Gasteiger partial charge on any atom is 0.255 e. The third-order valence-corrected chi connectivity index (χ3v) is 4.54. The number of rotatable bonds is 8. The number of nitrogens with one attached hydrogen (secondary N) is 2. The van der Waals surface area contributed by atoms with Crippen molar-refractivity contribution in [2.45, 2.75) is 38.6 Å². The summed E-state index contributed by atoms with van der Waals surface area (Å²) in [7, 11) is 1.97. The highest BCUT2D eigenvalue weighted by Crippen LogP contribution is 2.17. The lowest BCUT2D eigenvalue weighted by atomic mass is 10.0. The summed E-state index contributed by atoms with van der Waals surface area (Å²) in [5, 5.41) is 6.13. The van der Waals surface area contributed by atoms with E-state index in [2.05, 4.69) is 10.6 Å². The van der Waals surface area contributed by atoms with Crippen LogP contribution in [0.5, 0.6) is 5.75 Å². The molecule has 1 fully saturated rings. The monoisotopic (exact) mass is 347 g/mol. The molecule has 2 rings (SSSR count). The van der Waals surface area contributed by atoms with Gasteiger partial charge in [0.25, 0.3) is 5.91 Å². The minimum absolute atomic E-state index is 0.161. The lowest BCUT2D eigenvalue weighted by Gasteiger charge is -2.31. The zero-order valence-electron chi connectivity index (χ0n) is 15.2. The highest BCUT2D eigenvalue weighted by molar-refractivity contribution is 5.96. The van der Waals surface area contributed by atoms with Crippen molar-refractivity contribution in [3.8, 4) is 5.75 Å². The van der Waals surface area contributed by atoms with Crippen LogP contribution in [-0.4, -0.2) is 56.0 Å². The SMILES string of the molecule is CCOc1ccccc1C(=O)NCCCC(=O)N1CCC(NC)CC1. The van der Waals surface area contributed by atoms with Gasteiger partial charge in [0, 0.05) is 32.1 Å². The van der Waals surface area contributed by atoms with Crippen LogP contribution in [0, 0.1) is 0 Å². The van der Waals surface area contributed by atoms with Crippen LogP contribution in [0.25, 0.3) is 0 Å². The maximum absolute atomic E-state index is 12.3. The molecule has 6 heteroatoms. The molecule has 0 atom stereocenters. The second kappa shape index (κ2) is 10.0. The summed E-state index contributed by atoms with van der Waals surface area (Å²) in [6, 6.07) is 7.72. The summed E-state index contributed by atoms with van der Waals surface area (Å²) in [6.45, 7) is 4.53. The lowest BCUT2D eigenvalue weighted by Crippen LogP contribution is -2.44. The van der Waals surface area contributed by atoms with E-state index in [4.69, 9.17) is 4.74 Å². The molecule has 1 saturated heterocycles. The first kappa shape index (κ1) is 19.2. The fraction of sp³-hybridized carbons (Fsp3) is 0.579. The minimum atomic E-state index is -0.161. The quantitative estimate of drug-likeness (QED) is 0.704. The van der Waals surface area contributed by atoms with Gasteiger partial charge in [-0.1, -0.05) is 12.1 Å². The van der Waals surface area contributed by atoms with Crippen LogP contribution >= 0.6 is 0 Å². The Kier molecular flexibility index (Phi) is 7.73. The van der Waals surface area contributed by atoms with E-state index in [1.807, 2.05) is 31.0 Å². The molecule has 1 heterocycles. The van der Waals surface area contributed by atoms with Gasteiger partial charge in [0.2, 0.25) is 5.91 Å². The van der Waals surface area contributed by atoms with Crippen molar-refractivity contribution in [2.24, 2.45) is 0 Å². The van der Waals surface area contributed by atoms with Gasteiger partial charge in [0.05, 0.1) is 12.2 Å². The van der Waals surface area contributed by atoms with Gasteiger partial charge in [-0.15, -0.1) is 0 Å². The molecular weight excluding hydrogens is 318 g/mol. The molecule has 6 nitrogen and oxygen atoms in total. The maximum atomic E-state index is 12.3. The van der Waals surface area contributed by atoms with Gasteiger partial charge in [-0.05, 0) is 45.4 Å². The summed E-state index contributed by atoms with van der Waals surface area (Å²) >= 11 is 0. The van der Waals surface area contributed by atoms with Crippen LogP contribution in [0.1, 0.15) is 43.0 Å². The lowest BCUT2D eigenvalue weighted by molar-refractivity contribution is -0.132. The van der Waals surface area contributed by atoms with Crippen LogP contribution in [0.3, 0.4) is 0 Å². The molecule has 2 amide bonds. The first-order chi connectivity index (χ1) is 12.2. The Labute approximate surface area is 149 Å². The van der Waals surface area contributed by atoms with Crippen LogP contribution in [-0.2, 0) is 4.79 Å². The average molecular weight is 347 g/mol. The number of piperidine rings is 1. The van der Waals surface area contributed by atoms with Gasteiger partial charge in [0.1, 0.15) is 5.75 Å². The molecule has 1 aromatic rings. The molecule has 0 radical (unpaired) electrons. The molecule has 0 unspecified atom stereocenters. The summed E-state index contributed by atoms with van der Waals surface area (Å²) in [6.07, 6.45) is 3.13. The highest BCUT2D eigenvalue weighted by atomic mass is 16.5. The smallest absolute Gasteiger partial charge is 0.255 e. The molecule has 0 saturated carbocycles. The Morgan fingerprint density at radius 3 is 2.64 bits per heavy atom. The number of carbonyl (C=O) groups is 2. The molecule has 1 aromatic carbocycles. The predicted molar refractivity (Wildman–Crippen MR) is 97.8 cm³/mol. The fourth-order valence-corrected chi connectivity index (χ4v) is 3.05. The standard InChI is InChI=1S/C19H29N3O3/c1-3-25-17-8-5-4-7-16(17)19(24)21-12-6-9-18(23)22-13-10-15(20-2)11-14-22/h4-5,7-8,15,20H,3,6,9-14H2,1-2H3,(H,21,24). The molecule has 1 aliphatic rings. The van der Waals surface area contributed by atoms with E-state index >= 15 is 0 Å². The number of likely N-dealkylation sites (tertiary alicyclic amines) is 1. The molecule has 0 aliphatic carbocycles. The number of ether oxygens (including phenoxy) is 1. The molecule has 0 bridgehead atoms. The highest BCUT2D eigenvalue weighted by Gasteiger charge is 2.21. The van der Waals surface area contributed by atoms with Gasteiger partial charge in [0.15, 0.2) is 0 Å².